The minimum atomic E-state index is -3.31. The maximum Gasteiger partial charge on any atom is 0.265 e. The molecule has 5 heteroatoms. The summed E-state index contributed by atoms with van der Waals surface area (Å²) in [5.74, 6) is -3.31. The molecule has 0 N–H and O–H groups in total. The summed E-state index contributed by atoms with van der Waals surface area (Å²) in [5.41, 5.74) is 0. The number of halogens is 5. The zero-order chi connectivity index (χ0) is 8.36. The molecule has 0 fully saturated rings. The third-order valence-electron chi connectivity index (χ3n) is 1.10. The van der Waals surface area contributed by atoms with Gasteiger partial charge in [-0.1, -0.05) is 22.9 Å². The summed E-state index contributed by atoms with van der Waals surface area (Å²) in [5, 5.41) is 0. The Balaban J connectivity index is 4.03. The molecule has 0 aromatic carbocycles. The first-order chi connectivity index (χ1) is 4.41. The van der Waals surface area contributed by atoms with E-state index in [9.17, 15) is 17.6 Å². The Morgan fingerprint density at radius 2 is 1.80 bits per heavy atom. The summed E-state index contributed by atoms with van der Waals surface area (Å²) in [6, 6.07) is 0. The molecule has 0 aromatic rings. The van der Waals surface area contributed by atoms with E-state index in [0.717, 1.165) is 6.92 Å². The van der Waals surface area contributed by atoms with Crippen LogP contribution in [-0.2, 0) is 0 Å². The van der Waals surface area contributed by atoms with E-state index < -0.39 is 23.6 Å². The van der Waals surface area contributed by atoms with Crippen molar-refractivity contribution < 1.29 is 17.6 Å². The highest BCUT2D eigenvalue weighted by atomic mass is 79.9. The minimum absolute atomic E-state index is 0.576. The van der Waals surface area contributed by atoms with Crippen molar-refractivity contribution in [2.75, 3.05) is 0 Å². The Morgan fingerprint density at radius 3 is 1.90 bits per heavy atom. The van der Waals surface area contributed by atoms with E-state index >= 15 is 0 Å². The van der Waals surface area contributed by atoms with Crippen molar-refractivity contribution in [1.82, 2.24) is 0 Å². The quantitative estimate of drug-likeness (QED) is 0.509. The van der Waals surface area contributed by atoms with Gasteiger partial charge in [0.25, 0.3) is 12.3 Å². The molecule has 0 aliphatic rings. The molecule has 0 saturated heterocycles. The lowest BCUT2D eigenvalue weighted by Crippen LogP contribution is -2.33. The molecular formula is C5H7BrF4. The van der Waals surface area contributed by atoms with Crippen LogP contribution < -0.4 is 0 Å². The number of alkyl halides is 5. The van der Waals surface area contributed by atoms with Crippen LogP contribution in [-0.4, -0.2) is 17.2 Å². The van der Waals surface area contributed by atoms with E-state index in [4.69, 9.17) is 0 Å². The second-order valence-corrected chi connectivity index (χ2v) is 2.84. The van der Waals surface area contributed by atoms with Crippen molar-refractivity contribution in [3.63, 3.8) is 0 Å². The van der Waals surface area contributed by atoms with Crippen molar-refractivity contribution in [3.05, 3.63) is 0 Å². The summed E-state index contributed by atoms with van der Waals surface area (Å²) in [6.07, 6.45) is -3.59. The van der Waals surface area contributed by atoms with E-state index in [0.29, 0.717) is 0 Å². The fourth-order valence-corrected chi connectivity index (χ4v) is 0.703. The number of hydrogen-bond acceptors (Lipinski definition) is 0. The Hall–Kier alpha value is 0.200. The van der Waals surface area contributed by atoms with Gasteiger partial charge in [-0.3, -0.25) is 0 Å². The summed E-state index contributed by atoms with van der Waals surface area (Å²) >= 11 is 2.22. The van der Waals surface area contributed by atoms with Crippen molar-refractivity contribution in [2.24, 2.45) is 0 Å². The fraction of sp³-hybridized carbons (Fsp3) is 1.00. The van der Waals surface area contributed by atoms with Crippen molar-refractivity contribution in [3.8, 4) is 0 Å². The van der Waals surface area contributed by atoms with Crippen LogP contribution >= 0.6 is 15.9 Å². The van der Waals surface area contributed by atoms with Gasteiger partial charge in [-0.15, -0.1) is 0 Å². The van der Waals surface area contributed by atoms with Crippen LogP contribution in [0.3, 0.4) is 0 Å². The maximum absolute atomic E-state index is 12.3. The molecule has 0 saturated carbocycles. The Morgan fingerprint density at radius 1 is 1.40 bits per heavy atom. The summed E-state index contributed by atoms with van der Waals surface area (Å²) in [6.45, 7) is 1.16. The standard InChI is InChI=1S/C5H7BrF4/c1-2-5(9,10)3(6)4(7)8/h3-4H,2H2,1H3. The Bertz CT molecular complexity index is 104. The first-order valence-corrected chi connectivity index (χ1v) is 3.63. The number of hydrogen-bond donors (Lipinski definition) is 0. The van der Waals surface area contributed by atoms with Gasteiger partial charge in [-0.25, -0.2) is 17.6 Å². The molecular weight excluding hydrogens is 216 g/mol. The molecule has 62 valence electrons. The molecule has 10 heavy (non-hydrogen) atoms. The lowest BCUT2D eigenvalue weighted by Gasteiger charge is -2.19. The predicted molar refractivity (Wildman–Crippen MR) is 34.0 cm³/mol. The van der Waals surface area contributed by atoms with Gasteiger partial charge in [0, 0.05) is 6.42 Å². The summed E-state index contributed by atoms with van der Waals surface area (Å²) in [7, 11) is 0. The second-order valence-electron chi connectivity index (χ2n) is 1.85. The van der Waals surface area contributed by atoms with Gasteiger partial charge < -0.3 is 0 Å². The smallest absolute Gasteiger partial charge is 0.209 e. The van der Waals surface area contributed by atoms with Crippen LogP contribution in [0.4, 0.5) is 17.6 Å². The average Bonchev–Trinajstić information content (AvgIpc) is 1.86. The lowest BCUT2D eigenvalue weighted by atomic mass is 10.2. The molecule has 0 aromatic heterocycles. The average molecular weight is 223 g/mol. The van der Waals surface area contributed by atoms with Crippen molar-refractivity contribution in [2.45, 2.75) is 30.5 Å². The zero-order valence-corrected chi connectivity index (χ0v) is 6.84. The lowest BCUT2D eigenvalue weighted by molar-refractivity contribution is -0.0455. The molecule has 0 amide bonds. The molecule has 0 aliphatic carbocycles. The van der Waals surface area contributed by atoms with Crippen LogP contribution in [0, 0.1) is 0 Å². The van der Waals surface area contributed by atoms with Gasteiger partial charge in [0.15, 0.2) is 0 Å². The predicted octanol–water partition coefficient (Wildman–Crippen LogP) is 3.06. The highest BCUT2D eigenvalue weighted by Gasteiger charge is 2.41. The van der Waals surface area contributed by atoms with E-state index in [1.54, 1.807) is 0 Å². The van der Waals surface area contributed by atoms with E-state index in [-0.39, 0.29) is 0 Å². The van der Waals surface area contributed by atoms with Gasteiger partial charge in [0.05, 0.1) is 0 Å². The highest BCUT2D eigenvalue weighted by Crippen LogP contribution is 2.32. The third-order valence-corrected chi connectivity index (χ3v) is 2.17. The van der Waals surface area contributed by atoms with Crippen LogP contribution in [0.25, 0.3) is 0 Å². The highest BCUT2D eigenvalue weighted by molar-refractivity contribution is 9.09. The Labute approximate surface area is 64.7 Å². The van der Waals surface area contributed by atoms with Crippen molar-refractivity contribution >= 4 is 15.9 Å². The molecule has 0 radical (unpaired) electrons. The largest absolute Gasteiger partial charge is 0.265 e. The van der Waals surface area contributed by atoms with Gasteiger partial charge >= 0.3 is 0 Å². The molecule has 0 nitrogen and oxygen atoms in total. The van der Waals surface area contributed by atoms with Crippen molar-refractivity contribution in [1.29, 1.82) is 0 Å². The molecule has 0 heterocycles. The van der Waals surface area contributed by atoms with Gasteiger partial charge in [-0.2, -0.15) is 0 Å². The SMILES string of the molecule is CCC(F)(F)C(Br)C(F)F. The number of rotatable bonds is 3. The molecule has 1 unspecified atom stereocenters. The topological polar surface area (TPSA) is 0 Å². The molecule has 0 spiro atoms. The van der Waals surface area contributed by atoms with Gasteiger partial charge in [0.2, 0.25) is 0 Å². The van der Waals surface area contributed by atoms with Crippen LogP contribution in [0.15, 0.2) is 0 Å². The first-order valence-electron chi connectivity index (χ1n) is 2.72. The summed E-state index contributed by atoms with van der Waals surface area (Å²) < 4.78 is 47.7. The van der Waals surface area contributed by atoms with Gasteiger partial charge in [0.1, 0.15) is 4.83 Å². The Kier molecular flexibility index (Phi) is 3.62. The van der Waals surface area contributed by atoms with Crippen LogP contribution in [0.2, 0.25) is 0 Å². The summed E-state index contributed by atoms with van der Waals surface area (Å²) in [4.78, 5) is -2.02. The minimum Gasteiger partial charge on any atom is -0.209 e. The fourth-order valence-electron chi connectivity index (χ4n) is 0.379. The maximum atomic E-state index is 12.3. The van der Waals surface area contributed by atoms with Crippen LogP contribution in [0.5, 0.6) is 0 Å². The molecule has 0 rings (SSSR count). The molecule has 0 bridgehead atoms. The zero-order valence-electron chi connectivity index (χ0n) is 5.25. The monoisotopic (exact) mass is 222 g/mol. The first kappa shape index (κ1) is 10.2. The molecule has 1 atom stereocenters. The molecule has 0 aliphatic heterocycles. The van der Waals surface area contributed by atoms with E-state index in [1.165, 1.54) is 0 Å². The van der Waals surface area contributed by atoms with E-state index in [1.807, 2.05) is 0 Å². The van der Waals surface area contributed by atoms with Crippen LogP contribution in [0.1, 0.15) is 13.3 Å². The van der Waals surface area contributed by atoms with Gasteiger partial charge in [-0.05, 0) is 0 Å². The third kappa shape index (κ3) is 2.44. The van der Waals surface area contributed by atoms with E-state index in [2.05, 4.69) is 15.9 Å². The second kappa shape index (κ2) is 3.55. The normalized spacial score (nSPS) is 15.9.